The summed E-state index contributed by atoms with van der Waals surface area (Å²) in [5.74, 6) is 0.779. The van der Waals surface area contributed by atoms with Gasteiger partial charge in [0.15, 0.2) is 0 Å². The molecule has 0 aliphatic heterocycles. The van der Waals surface area contributed by atoms with Crippen LogP contribution in [-0.4, -0.2) is 21.7 Å². The van der Waals surface area contributed by atoms with Gasteiger partial charge in [0, 0.05) is 6.54 Å². The standard InChI is InChI=1S/C15H16N4O/c1-10-4-3-5-12(8-10)6-7-16-14-13-11(2)19-20-15(13)18-9-17-14/h3-5,8-9H,6-7H2,1-2H3,(H,16,17,18). The molecule has 102 valence electrons. The van der Waals surface area contributed by atoms with Crippen molar-refractivity contribution in [3.8, 4) is 0 Å². The molecule has 5 heteroatoms. The first-order chi connectivity index (χ1) is 9.74. The minimum Gasteiger partial charge on any atom is -0.369 e. The van der Waals surface area contributed by atoms with Crippen LogP contribution in [0.25, 0.3) is 11.1 Å². The molecule has 0 saturated heterocycles. The van der Waals surface area contributed by atoms with E-state index < -0.39 is 0 Å². The molecule has 1 N–H and O–H groups in total. The minimum absolute atomic E-state index is 0.524. The lowest BCUT2D eigenvalue weighted by molar-refractivity contribution is 0.442. The van der Waals surface area contributed by atoms with E-state index in [9.17, 15) is 0 Å². The molecule has 2 aromatic heterocycles. The van der Waals surface area contributed by atoms with E-state index in [2.05, 4.69) is 51.6 Å². The fraction of sp³-hybridized carbons (Fsp3) is 0.267. The van der Waals surface area contributed by atoms with Crippen LogP contribution in [-0.2, 0) is 6.42 Å². The zero-order chi connectivity index (χ0) is 13.9. The SMILES string of the molecule is Cc1cccc(CCNc2ncnc3onc(C)c23)c1. The van der Waals surface area contributed by atoms with Crippen molar-refractivity contribution in [1.29, 1.82) is 0 Å². The van der Waals surface area contributed by atoms with Crippen LogP contribution in [0.5, 0.6) is 0 Å². The third-order valence-electron chi connectivity index (χ3n) is 3.23. The molecule has 3 rings (SSSR count). The van der Waals surface area contributed by atoms with Crippen molar-refractivity contribution in [2.45, 2.75) is 20.3 Å². The second-order valence-corrected chi connectivity index (χ2v) is 4.84. The van der Waals surface area contributed by atoms with Gasteiger partial charge in [-0.1, -0.05) is 35.0 Å². The molecule has 5 nitrogen and oxygen atoms in total. The van der Waals surface area contributed by atoms with Gasteiger partial charge in [-0.2, -0.15) is 4.98 Å². The quantitative estimate of drug-likeness (QED) is 0.788. The first-order valence-electron chi connectivity index (χ1n) is 6.60. The summed E-state index contributed by atoms with van der Waals surface area (Å²) in [7, 11) is 0. The fourth-order valence-corrected chi connectivity index (χ4v) is 2.25. The summed E-state index contributed by atoms with van der Waals surface area (Å²) >= 11 is 0. The van der Waals surface area contributed by atoms with Gasteiger partial charge < -0.3 is 9.84 Å². The Kier molecular flexibility index (Phi) is 3.33. The van der Waals surface area contributed by atoms with E-state index in [-0.39, 0.29) is 0 Å². The van der Waals surface area contributed by atoms with Crippen LogP contribution in [0.15, 0.2) is 35.1 Å². The van der Waals surface area contributed by atoms with Crippen molar-refractivity contribution < 1.29 is 4.52 Å². The number of nitrogens with one attached hydrogen (secondary N) is 1. The van der Waals surface area contributed by atoms with Gasteiger partial charge in [-0.3, -0.25) is 0 Å². The number of fused-ring (bicyclic) bond motifs is 1. The maximum Gasteiger partial charge on any atom is 0.263 e. The highest BCUT2D eigenvalue weighted by Gasteiger charge is 2.11. The Bertz CT molecular complexity index is 736. The molecule has 0 aliphatic rings. The van der Waals surface area contributed by atoms with Crippen LogP contribution >= 0.6 is 0 Å². The van der Waals surface area contributed by atoms with Crippen molar-refractivity contribution in [2.24, 2.45) is 0 Å². The molecular weight excluding hydrogens is 252 g/mol. The number of nitrogens with zero attached hydrogens (tertiary/aromatic N) is 3. The van der Waals surface area contributed by atoms with Crippen LogP contribution in [0.1, 0.15) is 16.8 Å². The van der Waals surface area contributed by atoms with Gasteiger partial charge in [0.2, 0.25) is 0 Å². The van der Waals surface area contributed by atoms with Crippen molar-refractivity contribution in [2.75, 3.05) is 11.9 Å². The first kappa shape index (κ1) is 12.6. The molecule has 0 saturated carbocycles. The van der Waals surface area contributed by atoms with E-state index in [0.29, 0.717) is 5.71 Å². The van der Waals surface area contributed by atoms with Crippen LogP contribution < -0.4 is 5.32 Å². The summed E-state index contributed by atoms with van der Waals surface area (Å²) in [6.45, 7) is 4.80. The number of hydrogen-bond acceptors (Lipinski definition) is 5. The third-order valence-corrected chi connectivity index (χ3v) is 3.23. The number of anilines is 1. The molecule has 20 heavy (non-hydrogen) atoms. The van der Waals surface area contributed by atoms with Gasteiger partial charge in [-0.15, -0.1) is 0 Å². The number of aryl methyl sites for hydroxylation is 2. The molecule has 0 atom stereocenters. The van der Waals surface area contributed by atoms with Gasteiger partial charge in [-0.25, -0.2) is 4.98 Å². The van der Waals surface area contributed by atoms with Crippen molar-refractivity contribution >= 4 is 16.9 Å². The second-order valence-electron chi connectivity index (χ2n) is 4.84. The Morgan fingerprint density at radius 3 is 2.95 bits per heavy atom. The van der Waals surface area contributed by atoms with E-state index in [4.69, 9.17) is 4.52 Å². The van der Waals surface area contributed by atoms with Crippen molar-refractivity contribution in [1.82, 2.24) is 15.1 Å². The maximum atomic E-state index is 5.13. The molecule has 0 aliphatic carbocycles. The average Bonchev–Trinajstić information content (AvgIpc) is 2.82. The minimum atomic E-state index is 0.524. The van der Waals surface area contributed by atoms with Crippen molar-refractivity contribution in [3.63, 3.8) is 0 Å². The lowest BCUT2D eigenvalue weighted by Gasteiger charge is -2.06. The Hall–Kier alpha value is -2.43. The van der Waals surface area contributed by atoms with Gasteiger partial charge >= 0.3 is 0 Å². The van der Waals surface area contributed by atoms with Gasteiger partial charge in [0.05, 0.1) is 5.69 Å². The number of benzene rings is 1. The molecule has 0 radical (unpaired) electrons. The molecule has 0 unspecified atom stereocenters. The van der Waals surface area contributed by atoms with Crippen LogP contribution in [0.3, 0.4) is 0 Å². The Balaban J connectivity index is 1.73. The maximum absolute atomic E-state index is 5.13. The smallest absolute Gasteiger partial charge is 0.263 e. The summed E-state index contributed by atoms with van der Waals surface area (Å²) in [5, 5.41) is 8.11. The normalized spacial score (nSPS) is 10.9. The zero-order valence-electron chi connectivity index (χ0n) is 11.6. The van der Waals surface area contributed by atoms with E-state index >= 15 is 0 Å². The molecule has 0 bridgehead atoms. The molecule has 0 fully saturated rings. The fourth-order valence-electron chi connectivity index (χ4n) is 2.25. The summed E-state index contributed by atoms with van der Waals surface area (Å²) in [6, 6.07) is 8.51. The van der Waals surface area contributed by atoms with Crippen LogP contribution in [0, 0.1) is 13.8 Å². The van der Waals surface area contributed by atoms with E-state index in [1.54, 1.807) is 0 Å². The van der Waals surface area contributed by atoms with Gasteiger partial charge in [0.1, 0.15) is 17.5 Å². The van der Waals surface area contributed by atoms with Gasteiger partial charge in [0.25, 0.3) is 5.71 Å². The highest BCUT2D eigenvalue weighted by atomic mass is 16.5. The average molecular weight is 268 g/mol. The monoisotopic (exact) mass is 268 g/mol. The molecule has 3 aromatic rings. The summed E-state index contributed by atoms with van der Waals surface area (Å²) < 4.78 is 5.13. The number of rotatable bonds is 4. The predicted octanol–water partition coefficient (Wildman–Crippen LogP) is 2.89. The molecular formula is C15H16N4O. The molecule has 1 aromatic carbocycles. The van der Waals surface area contributed by atoms with Gasteiger partial charge in [-0.05, 0) is 25.8 Å². The molecule has 0 amide bonds. The Labute approximate surface area is 117 Å². The largest absolute Gasteiger partial charge is 0.369 e. The summed E-state index contributed by atoms with van der Waals surface area (Å²) in [4.78, 5) is 8.33. The van der Waals surface area contributed by atoms with Crippen LogP contribution in [0.4, 0.5) is 5.82 Å². The lowest BCUT2D eigenvalue weighted by atomic mass is 10.1. The lowest BCUT2D eigenvalue weighted by Crippen LogP contribution is -2.07. The summed E-state index contributed by atoms with van der Waals surface area (Å²) in [5.41, 5.74) is 3.92. The van der Waals surface area contributed by atoms with E-state index in [1.807, 2.05) is 6.92 Å². The highest BCUT2D eigenvalue weighted by molar-refractivity contribution is 5.87. The first-order valence-corrected chi connectivity index (χ1v) is 6.60. The molecule has 2 heterocycles. The topological polar surface area (TPSA) is 63.8 Å². The number of aromatic nitrogens is 3. The third kappa shape index (κ3) is 2.47. The van der Waals surface area contributed by atoms with Crippen molar-refractivity contribution in [3.05, 3.63) is 47.4 Å². The zero-order valence-corrected chi connectivity index (χ0v) is 11.6. The highest BCUT2D eigenvalue weighted by Crippen LogP contribution is 2.22. The van der Waals surface area contributed by atoms with E-state index in [1.165, 1.54) is 17.5 Å². The van der Waals surface area contributed by atoms with E-state index in [0.717, 1.165) is 29.9 Å². The second kappa shape index (κ2) is 5.28. The van der Waals surface area contributed by atoms with Crippen LogP contribution in [0.2, 0.25) is 0 Å². The molecule has 0 spiro atoms. The predicted molar refractivity (Wildman–Crippen MR) is 77.7 cm³/mol. The number of hydrogen-bond donors (Lipinski definition) is 1. The Morgan fingerprint density at radius 2 is 2.10 bits per heavy atom. The summed E-state index contributed by atoms with van der Waals surface area (Å²) in [6.07, 6.45) is 2.43. The Morgan fingerprint density at radius 1 is 1.20 bits per heavy atom.